The highest BCUT2D eigenvalue weighted by Crippen LogP contribution is 2.45. The summed E-state index contributed by atoms with van der Waals surface area (Å²) < 4.78 is 5.64. The molecule has 1 aliphatic rings. The van der Waals surface area contributed by atoms with E-state index in [4.69, 9.17) is 4.74 Å². The molecule has 1 saturated carbocycles. The molecule has 0 aromatic heterocycles. The molecule has 1 fully saturated rings. The number of hydrogen-bond donors (Lipinski definition) is 1. The highest BCUT2D eigenvalue weighted by Gasteiger charge is 2.37. The van der Waals surface area contributed by atoms with Gasteiger partial charge >= 0.3 is 0 Å². The van der Waals surface area contributed by atoms with Crippen LogP contribution in [0.5, 0.6) is 0 Å². The number of likely N-dealkylation sites (N-methyl/N-ethyl adjacent to an activating group) is 1. The van der Waals surface area contributed by atoms with Gasteiger partial charge in [0.2, 0.25) is 0 Å². The van der Waals surface area contributed by atoms with Gasteiger partial charge in [-0.25, -0.2) is 0 Å². The summed E-state index contributed by atoms with van der Waals surface area (Å²) in [4.78, 5) is 2.15. The van der Waals surface area contributed by atoms with Crippen LogP contribution in [0.3, 0.4) is 0 Å². The van der Waals surface area contributed by atoms with Crippen LogP contribution in [0.4, 0.5) is 0 Å². The average Bonchev–Trinajstić information content (AvgIpc) is 2.18. The van der Waals surface area contributed by atoms with Crippen LogP contribution in [0.15, 0.2) is 0 Å². The van der Waals surface area contributed by atoms with E-state index >= 15 is 0 Å². The molecular weight excluding hydrogens is 236 g/mol. The van der Waals surface area contributed by atoms with E-state index in [2.05, 4.69) is 52.0 Å². The van der Waals surface area contributed by atoms with Crippen molar-refractivity contribution in [3.05, 3.63) is 0 Å². The fourth-order valence-corrected chi connectivity index (χ4v) is 3.67. The van der Waals surface area contributed by atoms with Crippen molar-refractivity contribution in [2.75, 3.05) is 40.4 Å². The van der Waals surface area contributed by atoms with E-state index in [1.807, 2.05) is 0 Å². The van der Waals surface area contributed by atoms with Gasteiger partial charge in [-0.15, -0.1) is 0 Å². The minimum Gasteiger partial charge on any atom is -0.379 e. The first-order valence-corrected chi connectivity index (χ1v) is 7.66. The number of nitrogens with zero attached hydrogens (tertiary/aromatic N) is 1. The second kappa shape index (κ2) is 7.05. The molecule has 0 saturated heterocycles. The second-order valence-corrected chi connectivity index (χ2v) is 7.98. The molecule has 0 bridgehead atoms. The van der Waals surface area contributed by atoms with Gasteiger partial charge in [0.05, 0.1) is 13.2 Å². The third-order valence-corrected chi connectivity index (χ3v) is 3.92. The Morgan fingerprint density at radius 2 is 1.63 bits per heavy atom. The van der Waals surface area contributed by atoms with Crippen LogP contribution in [0.2, 0.25) is 0 Å². The Labute approximate surface area is 120 Å². The summed E-state index contributed by atoms with van der Waals surface area (Å²) in [6, 6.07) is 0.649. The molecule has 3 nitrogen and oxygen atoms in total. The lowest BCUT2D eigenvalue weighted by atomic mass is 9.63. The smallest absolute Gasteiger partial charge is 0.0593 e. The number of hydrogen-bond acceptors (Lipinski definition) is 3. The van der Waals surface area contributed by atoms with Crippen molar-refractivity contribution in [2.24, 2.45) is 10.8 Å². The topological polar surface area (TPSA) is 24.5 Å². The maximum absolute atomic E-state index is 5.64. The summed E-state index contributed by atoms with van der Waals surface area (Å²) in [6.45, 7) is 13.2. The average molecular weight is 270 g/mol. The normalized spacial score (nSPS) is 22.9. The fourth-order valence-electron chi connectivity index (χ4n) is 3.67. The zero-order valence-corrected chi connectivity index (χ0v) is 13.9. The van der Waals surface area contributed by atoms with E-state index in [0.29, 0.717) is 16.9 Å². The quantitative estimate of drug-likeness (QED) is 0.720. The summed E-state index contributed by atoms with van der Waals surface area (Å²) in [6.07, 6.45) is 3.90. The highest BCUT2D eigenvalue weighted by atomic mass is 16.5. The molecule has 0 aromatic rings. The van der Waals surface area contributed by atoms with Crippen LogP contribution in [0, 0.1) is 10.8 Å². The predicted octanol–water partition coefficient (Wildman–Crippen LogP) is 2.76. The Hall–Kier alpha value is -0.120. The van der Waals surface area contributed by atoms with Crippen molar-refractivity contribution in [2.45, 2.75) is 53.0 Å². The van der Waals surface area contributed by atoms with Crippen molar-refractivity contribution >= 4 is 0 Å². The van der Waals surface area contributed by atoms with Crippen LogP contribution in [0.25, 0.3) is 0 Å². The third kappa shape index (κ3) is 7.28. The van der Waals surface area contributed by atoms with Gasteiger partial charge in [-0.3, -0.25) is 0 Å². The van der Waals surface area contributed by atoms with Crippen molar-refractivity contribution in [3.8, 4) is 0 Å². The molecule has 1 N–H and O–H groups in total. The Kier molecular flexibility index (Phi) is 6.28. The van der Waals surface area contributed by atoms with Crippen LogP contribution in [0.1, 0.15) is 47.0 Å². The Morgan fingerprint density at radius 1 is 1.05 bits per heavy atom. The van der Waals surface area contributed by atoms with E-state index < -0.39 is 0 Å². The van der Waals surface area contributed by atoms with Gasteiger partial charge in [0, 0.05) is 19.1 Å². The first-order valence-electron chi connectivity index (χ1n) is 7.66. The lowest BCUT2D eigenvalue weighted by Gasteiger charge is -2.45. The molecule has 0 amide bonds. The molecule has 1 aliphatic carbocycles. The van der Waals surface area contributed by atoms with Gasteiger partial charge in [0.1, 0.15) is 0 Å². The van der Waals surface area contributed by atoms with Crippen molar-refractivity contribution in [1.29, 1.82) is 0 Å². The Morgan fingerprint density at radius 3 is 2.16 bits per heavy atom. The van der Waals surface area contributed by atoms with Gasteiger partial charge in [-0.1, -0.05) is 27.7 Å². The first kappa shape index (κ1) is 16.9. The molecule has 0 radical (unpaired) electrons. The van der Waals surface area contributed by atoms with Crippen molar-refractivity contribution in [3.63, 3.8) is 0 Å². The lowest BCUT2D eigenvalue weighted by Crippen LogP contribution is -2.44. The van der Waals surface area contributed by atoms with Crippen LogP contribution in [-0.2, 0) is 4.74 Å². The number of ether oxygens (including phenoxy) is 1. The molecule has 1 rings (SSSR count). The molecule has 0 spiro atoms. The van der Waals surface area contributed by atoms with E-state index in [0.717, 1.165) is 26.3 Å². The van der Waals surface area contributed by atoms with Gasteiger partial charge in [-0.05, 0) is 44.2 Å². The number of rotatable bonds is 7. The molecule has 0 aliphatic heterocycles. The summed E-state index contributed by atoms with van der Waals surface area (Å²) in [7, 11) is 4.15. The molecule has 114 valence electrons. The number of nitrogens with one attached hydrogen (secondary N) is 1. The molecule has 3 heteroatoms. The van der Waals surface area contributed by atoms with Gasteiger partial charge in [-0.2, -0.15) is 0 Å². The Balaban J connectivity index is 2.18. The van der Waals surface area contributed by atoms with E-state index in [1.54, 1.807) is 0 Å². The molecule has 0 aromatic carbocycles. The summed E-state index contributed by atoms with van der Waals surface area (Å²) >= 11 is 0. The van der Waals surface area contributed by atoms with Gasteiger partial charge in [0.25, 0.3) is 0 Å². The standard InChI is InChI=1S/C16H34N2O/c1-15(2)11-14(12-16(3,4)13-15)17-7-9-19-10-8-18(5)6/h14,17H,7-13H2,1-6H3. The van der Waals surface area contributed by atoms with Gasteiger partial charge < -0.3 is 15.0 Å². The SMILES string of the molecule is CN(C)CCOCCNC1CC(C)(C)CC(C)(C)C1. The minimum absolute atomic E-state index is 0.463. The third-order valence-electron chi connectivity index (χ3n) is 3.92. The maximum atomic E-state index is 5.64. The largest absolute Gasteiger partial charge is 0.379 e. The highest BCUT2D eigenvalue weighted by molar-refractivity contribution is 4.92. The lowest BCUT2D eigenvalue weighted by molar-refractivity contribution is 0.0748. The monoisotopic (exact) mass is 270 g/mol. The zero-order chi connectivity index (χ0) is 14.5. The summed E-state index contributed by atoms with van der Waals surface area (Å²) in [5, 5.41) is 3.68. The molecule has 0 unspecified atom stereocenters. The maximum Gasteiger partial charge on any atom is 0.0593 e. The fraction of sp³-hybridized carbons (Fsp3) is 1.00. The van der Waals surface area contributed by atoms with Gasteiger partial charge in [0.15, 0.2) is 0 Å². The summed E-state index contributed by atoms with van der Waals surface area (Å²) in [5.41, 5.74) is 0.927. The van der Waals surface area contributed by atoms with Crippen LogP contribution in [-0.4, -0.2) is 51.3 Å². The van der Waals surface area contributed by atoms with Crippen LogP contribution < -0.4 is 5.32 Å². The Bertz CT molecular complexity index is 245. The summed E-state index contributed by atoms with van der Waals surface area (Å²) in [5.74, 6) is 0. The van der Waals surface area contributed by atoms with E-state index in [1.165, 1.54) is 19.3 Å². The zero-order valence-electron chi connectivity index (χ0n) is 13.9. The van der Waals surface area contributed by atoms with E-state index in [9.17, 15) is 0 Å². The second-order valence-electron chi connectivity index (χ2n) is 7.98. The predicted molar refractivity (Wildman–Crippen MR) is 82.6 cm³/mol. The minimum atomic E-state index is 0.463. The molecular formula is C16H34N2O. The van der Waals surface area contributed by atoms with Crippen molar-refractivity contribution < 1.29 is 4.74 Å². The van der Waals surface area contributed by atoms with Crippen molar-refractivity contribution in [1.82, 2.24) is 10.2 Å². The van der Waals surface area contributed by atoms with E-state index in [-0.39, 0.29) is 0 Å². The molecule has 19 heavy (non-hydrogen) atoms. The molecule has 0 atom stereocenters. The first-order chi connectivity index (χ1) is 8.70. The molecule has 0 heterocycles. The van der Waals surface area contributed by atoms with Crippen LogP contribution >= 0.6 is 0 Å².